The normalized spacial score (nSPS) is 11.9. The molecule has 0 fully saturated rings. The van der Waals surface area contributed by atoms with E-state index in [1.54, 1.807) is 42.7 Å². The van der Waals surface area contributed by atoms with Crippen molar-refractivity contribution in [3.05, 3.63) is 89.2 Å². The van der Waals surface area contributed by atoms with Gasteiger partial charge in [-0.25, -0.2) is 0 Å². The zero-order valence-electron chi connectivity index (χ0n) is 15.2. The number of carbonyl (C=O) groups is 1. The first kappa shape index (κ1) is 21.4. The first-order chi connectivity index (χ1) is 14.0. The monoisotopic (exact) mass is 424 g/mol. The van der Waals surface area contributed by atoms with Gasteiger partial charge in [-0.1, -0.05) is 18.2 Å². The Morgan fingerprint density at radius 3 is 2.03 bits per heavy atom. The summed E-state index contributed by atoms with van der Waals surface area (Å²) < 4.78 is 77.7. The molecule has 30 heavy (non-hydrogen) atoms. The Balaban J connectivity index is 1.81. The standard InChI is InChI=1S/C21H14F6N2O/c22-20(23,24)17-7-13(8-18(10-17)21(25,26)27)11-29-19(30)15-4-1-3-14(9-15)16-5-2-6-28-12-16/h1-10,12H,11H2,(H,29,30). The van der Waals surface area contributed by atoms with Crippen LogP contribution in [-0.4, -0.2) is 10.9 Å². The van der Waals surface area contributed by atoms with Gasteiger partial charge in [0.05, 0.1) is 11.1 Å². The van der Waals surface area contributed by atoms with E-state index in [0.717, 1.165) is 5.56 Å². The van der Waals surface area contributed by atoms with Gasteiger partial charge in [0.25, 0.3) is 5.91 Å². The summed E-state index contributed by atoms with van der Waals surface area (Å²) in [6, 6.07) is 11.1. The van der Waals surface area contributed by atoms with E-state index < -0.39 is 35.9 Å². The van der Waals surface area contributed by atoms with Crippen LogP contribution in [0.3, 0.4) is 0 Å². The van der Waals surface area contributed by atoms with Crippen molar-refractivity contribution < 1.29 is 31.1 Å². The lowest BCUT2D eigenvalue weighted by atomic mass is 10.0. The van der Waals surface area contributed by atoms with Crippen LogP contribution in [-0.2, 0) is 18.9 Å². The molecular weight excluding hydrogens is 410 g/mol. The van der Waals surface area contributed by atoms with Crippen LogP contribution in [0.25, 0.3) is 11.1 Å². The zero-order valence-corrected chi connectivity index (χ0v) is 15.2. The number of alkyl halides is 6. The van der Waals surface area contributed by atoms with Crippen LogP contribution in [0.2, 0.25) is 0 Å². The summed E-state index contributed by atoms with van der Waals surface area (Å²) in [7, 11) is 0. The molecule has 156 valence electrons. The molecule has 1 N–H and O–H groups in total. The number of carbonyl (C=O) groups excluding carboxylic acids is 1. The first-order valence-corrected chi connectivity index (χ1v) is 8.61. The summed E-state index contributed by atoms with van der Waals surface area (Å²) in [4.78, 5) is 16.4. The van der Waals surface area contributed by atoms with Crippen LogP contribution in [0.1, 0.15) is 27.0 Å². The summed E-state index contributed by atoms with van der Waals surface area (Å²) in [6.07, 6.45) is -6.71. The summed E-state index contributed by atoms with van der Waals surface area (Å²) in [5.41, 5.74) is -1.53. The highest BCUT2D eigenvalue weighted by Gasteiger charge is 2.36. The largest absolute Gasteiger partial charge is 0.416 e. The van der Waals surface area contributed by atoms with Gasteiger partial charge in [0.2, 0.25) is 0 Å². The molecule has 0 saturated heterocycles. The highest BCUT2D eigenvalue weighted by Crippen LogP contribution is 2.36. The third-order valence-corrected chi connectivity index (χ3v) is 4.22. The zero-order chi connectivity index (χ0) is 21.9. The number of pyridine rings is 1. The lowest BCUT2D eigenvalue weighted by Crippen LogP contribution is -2.23. The highest BCUT2D eigenvalue weighted by atomic mass is 19.4. The quantitative estimate of drug-likeness (QED) is 0.545. The second-order valence-electron chi connectivity index (χ2n) is 6.42. The predicted octanol–water partition coefficient (Wildman–Crippen LogP) is 5.72. The minimum absolute atomic E-state index is 0.0443. The fraction of sp³-hybridized carbons (Fsp3) is 0.143. The number of hydrogen-bond acceptors (Lipinski definition) is 2. The molecule has 3 nitrogen and oxygen atoms in total. The SMILES string of the molecule is O=C(NCc1cc(C(F)(F)F)cc(C(F)(F)F)c1)c1cccc(-c2cccnc2)c1. The van der Waals surface area contributed by atoms with Gasteiger partial charge in [0.1, 0.15) is 0 Å². The van der Waals surface area contributed by atoms with Crippen molar-refractivity contribution in [1.29, 1.82) is 0 Å². The summed E-state index contributed by atoms with van der Waals surface area (Å²) >= 11 is 0. The Bertz CT molecular complexity index is 1010. The fourth-order valence-electron chi connectivity index (χ4n) is 2.78. The van der Waals surface area contributed by atoms with E-state index in [1.807, 2.05) is 0 Å². The van der Waals surface area contributed by atoms with E-state index in [-0.39, 0.29) is 17.2 Å². The molecule has 3 rings (SSSR count). The van der Waals surface area contributed by atoms with Gasteiger partial charge in [0, 0.05) is 30.1 Å². The predicted molar refractivity (Wildman–Crippen MR) is 97.3 cm³/mol. The molecule has 1 aromatic heterocycles. The van der Waals surface area contributed by atoms with Crippen molar-refractivity contribution in [1.82, 2.24) is 10.3 Å². The third-order valence-electron chi connectivity index (χ3n) is 4.22. The second kappa shape index (κ2) is 8.17. The van der Waals surface area contributed by atoms with E-state index in [2.05, 4.69) is 10.3 Å². The van der Waals surface area contributed by atoms with Gasteiger partial charge >= 0.3 is 12.4 Å². The summed E-state index contributed by atoms with van der Waals surface area (Å²) in [5, 5.41) is 2.36. The van der Waals surface area contributed by atoms with Crippen LogP contribution < -0.4 is 5.32 Å². The number of benzene rings is 2. The Hall–Kier alpha value is -3.36. The number of aromatic nitrogens is 1. The maximum atomic E-state index is 12.9. The molecule has 3 aromatic rings. The minimum Gasteiger partial charge on any atom is -0.348 e. The molecule has 1 amide bonds. The van der Waals surface area contributed by atoms with Gasteiger partial charge in [-0.15, -0.1) is 0 Å². The molecule has 0 unspecified atom stereocenters. The van der Waals surface area contributed by atoms with Crippen molar-refractivity contribution in [3.8, 4) is 11.1 Å². The number of halogens is 6. The minimum atomic E-state index is -4.95. The third kappa shape index (κ3) is 5.16. The molecule has 9 heteroatoms. The highest BCUT2D eigenvalue weighted by molar-refractivity contribution is 5.95. The van der Waals surface area contributed by atoms with Crippen LogP contribution in [0.15, 0.2) is 67.0 Å². The number of nitrogens with zero attached hydrogens (tertiary/aromatic N) is 1. The maximum absolute atomic E-state index is 12.9. The first-order valence-electron chi connectivity index (χ1n) is 8.61. The maximum Gasteiger partial charge on any atom is 0.416 e. The van der Waals surface area contributed by atoms with Gasteiger partial charge in [0.15, 0.2) is 0 Å². The number of nitrogens with one attached hydrogen (secondary N) is 1. The molecule has 1 heterocycles. The molecule has 0 aliphatic heterocycles. The van der Waals surface area contributed by atoms with Gasteiger partial charge in [-0.2, -0.15) is 26.3 Å². The molecule has 0 saturated carbocycles. The van der Waals surface area contributed by atoms with Gasteiger partial charge in [-0.3, -0.25) is 9.78 Å². The topological polar surface area (TPSA) is 42.0 Å². The molecule has 0 bridgehead atoms. The smallest absolute Gasteiger partial charge is 0.348 e. The fourth-order valence-corrected chi connectivity index (χ4v) is 2.78. The van der Waals surface area contributed by atoms with E-state index in [4.69, 9.17) is 0 Å². The van der Waals surface area contributed by atoms with Crippen molar-refractivity contribution in [2.45, 2.75) is 18.9 Å². The Morgan fingerprint density at radius 1 is 0.833 bits per heavy atom. The van der Waals surface area contributed by atoms with Crippen LogP contribution in [0.5, 0.6) is 0 Å². The molecule has 0 aliphatic carbocycles. The van der Waals surface area contributed by atoms with Crippen molar-refractivity contribution in [3.63, 3.8) is 0 Å². The van der Waals surface area contributed by atoms with Crippen LogP contribution in [0, 0.1) is 0 Å². The number of amides is 1. The van der Waals surface area contributed by atoms with E-state index in [0.29, 0.717) is 17.7 Å². The summed E-state index contributed by atoms with van der Waals surface area (Å²) in [6.45, 7) is -0.497. The molecule has 0 spiro atoms. The van der Waals surface area contributed by atoms with Crippen molar-refractivity contribution in [2.75, 3.05) is 0 Å². The second-order valence-corrected chi connectivity index (χ2v) is 6.42. The van der Waals surface area contributed by atoms with Gasteiger partial charge in [-0.05, 0) is 47.5 Å². The molecule has 0 aliphatic rings. The average Bonchev–Trinajstić information content (AvgIpc) is 2.71. The van der Waals surface area contributed by atoms with Crippen molar-refractivity contribution >= 4 is 5.91 Å². The molecular formula is C21H14F6N2O. The molecule has 0 radical (unpaired) electrons. The number of hydrogen-bond donors (Lipinski definition) is 1. The van der Waals surface area contributed by atoms with E-state index in [9.17, 15) is 31.1 Å². The van der Waals surface area contributed by atoms with E-state index >= 15 is 0 Å². The van der Waals surface area contributed by atoms with Crippen LogP contribution >= 0.6 is 0 Å². The number of rotatable bonds is 4. The Labute approximate surface area is 167 Å². The van der Waals surface area contributed by atoms with Crippen molar-refractivity contribution in [2.24, 2.45) is 0 Å². The average molecular weight is 424 g/mol. The molecule has 0 atom stereocenters. The Kier molecular flexibility index (Phi) is 5.82. The van der Waals surface area contributed by atoms with E-state index in [1.165, 1.54) is 6.07 Å². The lowest BCUT2D eigenvalue weighted by Gasteiger charge is -2.14. The van der Waals surface area contributed by atoms with Gasteiger partial charge < -0.3 is 5.32 Å². The molecule has 2 aromatic carbocycles. The Morgan fingerprint density at radius 2 is 1.47 bits per heavy atom. The van der Waals surface area contributed by atoms with Crippen LogP contribution in [0.4, 0.5) is 26.3 Å². The lowest BCUT2D eigenvalue weighted by molar-refractivity contribution is -0.143. The summed E-state index contributed by atoms with van der Waals surface area (Å²) in [5.74, 6) is -0.633.